The summed E-state index contributed by atoms with van der Waals surface area (Å²) in [6, 6.07) is 3.35. The maximum Gasteiger partial charge on any atom is 0.269 e. The monoisotopic (exact) mass is 259 g/mol. The summed E-state index contributed by atoms with van der Waals surface area (Å²) in [5.41, 5.74) is -0.499. The maximum atomic E-state index is 12.9. The Labute approximate surface area is 103 Å². The lowest BCUT2D eigenvalue weighted by molar-refractivity contribution is -0.385. The third kappa shape index (κ3) is 3.01. The average Bonchev–Trinajstić information content (AvgIpc) is 2.35. The smallest absolute Gasteiger partial charge is 0.269 e. The van der Waals surface area contributed by atoms with Gasteiger partial charge in [-0.2, -0.15) is 0 Å². The van der Waals surface area contributed by atoms with E-state index in [2.05, 4.69) is 0 Å². The highest BCUT2D eigenvalue weighted by Crippen LogP contribution is 2.33. The summed E-state index contributed by atoms with van der Waals surface area (Å²) in [6.07, 6.45) is -3.11. The first-order valence-electron chi connectivity index (χ1n) is 5.62. The minimum absolute atomic E-state index is 0.255. The first-order valence-corrected chi connectivity index (χ1v) is 5.62. The Balaban J connectivity index is 3.23. The number of aliphatic hydroxyl groups is 1. The molecule has 0 saturated heterocycles. The van der Waals surface area contributed by atoms with Crippen LogP contribution < -0.4 is 0 Å². The number of nitrogens with zero attached hydrogens (tertiary/aromatic N) is 1. The van der Waals surface area contributed by atoms with E-state index in [1.165, 1.54) is 12.1 Å². The normalized spacial score (nSPS) is 14.6. The molecule has 0 bridgehead atoms. The van der Waals surface area contributed by atoms with Crippen LogP contribution in [-0.4, -0.2) is 16.1 Å². The minimum Gasteiger partial charge on any atom is -0.393 e. The number of hydrogen-bond donors (Lipinski definition) is 1. The predicted molar refractivity (Wildman–Crippen MR) is 62.8 cm³/mol. The minimum atomic E-state index is -2.80. The molecule has 0 aliphatic carbocycles. The van der Waals surface area contributed by atoms with Crippen molar-refractivity contribution in [2.75, 3.05) is 0 Å². The molecular weight excluding hydrogens is 244 g/mol. The van der Waals surface area contributed by atoms with Gasteiger partial charge in [0.25, 0.3) is 12.1 Å². The van der Waals surface area contributed by atoms with Crippen molar-refractivity contribution in [3.8, 4) is 0 Å². The van der Waals surface area contributed by atoms with Gasteiger partial charge in [0.05, 0.1) is 11.0 Å². The quantitative estimate of drug-likeness (QED) is 0.651. The molecule has 0 aliphatic rings. The summed E-state index contributed by atoms with van der Waals surface area (Å²) in [4.78, 5) is 9.85. The predicted octanol–water partition coefficient (Wildman–Crippen LogP) is 3.41. The van der Waals surface area contributed by atoms with E-state index in [9.17, 15) is 24.0 Å². The molecule has 18 heavy (non-hydrogen) atoms. The first kappa shape index (κ1) is 14.5. The second-order valence-electron chi connectivity index (χ2n) is 4.14. The lowest BCUT2D eigenvalue weighted by Gasteiger charge is -2.20. The molecule has 6 heteroatoms. The fourth-order valence-corrected chi connectivity index (χ4v) is 1.84. The van der Waals surface area contributed by atoms with Crippen molar-refractivity contribution in [1.29, 1.82) is 0 Å². The number of rotatable bonds is 5. The van der Waals surface area contributed by atoms with E-state index < -0.39 is 23.4 Å². The average molecular weight is 259 g/mol. The van der Waals surface area contributed by atoms with Crippen molar-refractivity contribution >= 4 is 5.69 Å². The van der Waals surface area contributed by atoms with Crippen LogP contribution in [0.3, 0.4) is 0 Å². The number of benzene rings is 1. The molecule has 1 N–H and O–H groups in total. The van der Waals surface area contributed by atoms with E-state index >= 15 is 0 Å². The number of hydrogen-bond acceptors (Lipinski definition) is 3. The molecule has 0 fully saturated rings. The summed E-state index contributed by atoms with van der Waals surface area (Å²) >= 11 is 0. The highest BCUT2D eigenvalue weighted by atomic mass is 19.3. The van der Waals surface area contributed by atoms with Crippen LogP contribution in [0.15, 0.2) is 18.2 Å². The van der Waals surface area contributed by atoms with Gasteiger partial charge in [-0.25, -0.2) is 8.78 Å². The Hall–Kier alpha value is -1.56. The molecule has 0 saturated carbocycles. The highest BCUT2D eigenvalue weighted by Gasteiger charge is 2.24. The van der Waals surface area contributed by atoms with Crippen molar-refractivity contribution in [1.82, 2.24) is 0 Å². The van der Waals surface area contributed by atoms with Gasteiger partial charge < -0.3 is 5.11 Å². The van der Waals surface area contributed by atoms with Gasteiger partial charge in [0, 0.05) is 23.6 Å². The second-order valence-corrected chi connectivity index (χ2v) is 4.14. The fraction of sp³-hybridized carbons (Fsp3) is 0.500. The van der Waals surface area contributed by atoms with Crippen molar-refractivity contribution < 1.29 is 18.8 Å². The van der Waals surface area contributed by atoms with Crippen molar-refractivity contribution in [2.45, 2.75) is 38.7 Å². The van der Waals surface area contributed by atoms with Crippen LogP contribution in [0.25, 0.3) is 0 Å². The van der Waals surface area contributed by atoms with Crippen LogP contribution in [0, 0.1) is 10.1 Å². The Morgan fingerprint density at radius 2 is 2.00 bits per heavy atom. The highest BCUT2D eigenvalue weighted by molar-refractivity contribution is 5.42. The fourth-order valence-electron chi connectivity index (χ4n) is 1.84. The van der Waals surface area contributed by atoms with Crippen LogP contribution >= 0.6 is 0 Å². The van der Waals surface area contributed by atoms with Crippen molar-refractivity contribution in [2.24, 2.45) is 0 Å². The van der Waals surface area contributed by atoms with Crippen LogP contribution in [0.2, 0.25) is 0 Å². The Morgan fingerprint density at radius 1 is 1.39 bits per heavy atom. The SMILES string of the molecule is CCC(O)C(C)c1ccc([N+](=O)[O-])cc1C(F)F. The molecule has 0 spiro atoms. The summed E-state index contributed by atoms with van der Waals surface area (Å²) in [5.74, 6) is -0.486. The number of alkyl halides is 2. The molecule has 0 aromatic heterocycles. The Kier molecular flexibility index (Phi) is 4.72. The third-order valence-corrected chi connectivity index (χ3v) is 3.00. The third-order valence-electron chi connectivity index (χ3n) is 3.00. The van der Waals surface area contributed by atoms with Gasteiger partial charge in [0.15, 0.2) is 0 Å². The summed E-state index contributed by atoms with van der Waals surface area (Å²) in [6.45, 7) is 3.37. The number of non-ortho nitro benzene ring substituents is 1. The zero-order valence-electron chi connectivity index (χ0n) is 10.1. The van der Waals surface area contributed by atoms with Gasteiger partial charge in [0.2, 0.25) is 0 Å². The summed E-state index contributed by atoms with van der Waals surface area (Å²) in [7, 11) is 0. The molecule has 2 unspecified atom stereocenters. The van der Waals surface area contributed by atoms with E-state index in [4.69, 9.17) is 0 Å². The van der Waals surface area contributed by atoms with Gasteiger partial charge in [-0.05, 0) is 12.0 Å². The molecule has 0 amide bonds. The first-order chi connectivity index (χ1) is 8.38. The van der Waals surface area contributed by atoms with Gasteiger partial charge in [-0.15, -0.1) is 0 Å². The van der Waals surface area contributed by atoms with Gasteiger partial charge in [-0.1, -0.05) is 19.9 Å². The molecule has 1 aromatic rings. The summed E-state index contributed by atoms with van der Waals surface area (Å²) < 4.78 is 25.8. The molecule has 0 heterocycles. The Morgan fingerprint density at radius 3 is 2.44 bits per heavy atom. The largest absolute Gasteiger partial charge is 0.393 e. The van der Waals surface area contributed by atoms with Crippen LogP contribution in [0.4, 0.5) is 14.5 Å². The van der Waals surface area contributed by atoms with E-state index in [-0.39, 0.29) is 16.8 Å². The number of nitro benzene ring substituents is 1. The zero-order chi connectivity index (χ0) is 13.9. The second kappa shape index (κ2) is 5.86. The molecule has 100 valence electrons. The van der Waals surface area contributed by atoms with Crippen molar-refractivity contribution in [3.05, 3.63) is 39.4 Å². The van der Waals surface area contributed by atoms with E-state index in [0.717, 1.165) is 6.07 Å². The van der Waals surface area contributed by atoms with Gasteiger partial charge in [0.1, 0.15) is 0 Å². The number of halogens is 2. The number of nitro groups is 1. The lowest BCUT2D eigenvalue weighted by atomic mass is 9.90. The summed E-state index contributed by atoms with van der Waals surface area (Å²) in [5, 5.41) is 20.2. The number of aliphatic hydroxyl groups excluding tert-OH is 1. The van der Waals surface area contributed by atoms with Gasteiger partial charge in [-0.3, -0.25) is 10.1 Å². The van der Waals surface area contributed by atoms with E-state index in [1.54, 1.807) is 13.8 Å². The van der Waals surface area contributed by atoms with E-state index in [0.29, 0.717) is 6.42 Å². The van der Waals surface area contributed by atoms with Gasteiger partial charge >= 0.3 is 0 Å². The lowest BCUT2D eigenvalue weighted by Crippen LogP contribution is -2.16. The standard InChI is InChI=1S/C12H15F2NO3/c1-3-11(16)7(2)9-5-4-8(15(17)18)6-10(9)12(13)14/h4-7,11-12,16H,3H2,1-2H3. The molecule has 1 aromatic carbocycles. The molecule has 0 aliphatic heterocycles. The molecule has 0 radical (unpaired) electrons. The van der Waals surface area contributed by atoms with Crippen molar-refractivity contribution in [3.63, 3.8) is 0 Å². The molecule has 1 rings (SSSR count). The van der Waals surface area contributed by atoms with Crippen LogP contribution in [-0.2, 0) is 0 Å². The zero-order valence-corrected chi connectivity index (χ0v) is 10.1. The molecular formula is C12H15F2NO3. The maximum absolute atomic E-state index is 12.9. The topological polar surface area (TPSA) is 63.4 Å². The molecule has 2 atom stereocenters. The van der Waals surface area contributed by atoms with Crippen LogP contribution in [0.5, 0.6) is 0 Å². The Bertz CT molecular complexity index is 437. The van der Waals surface area contributed by atoms with Crippen LogP contribution in [0.1, 0.15) is 43.7 Å². The van der Waals surface area contributed by atoms with E-state index in [1.807, 2.05) is 0 Å². The molecule has 4 nitrogen and oxygen atoms in total.